The van der Waals surface area contributed by atoms with Crippen LogP contribution in [0.1, 0.15) is 0 Å². The Morgan fingerprint density at radius 1 is 0.171 bits per heavy atom. The van der Waals surface area contributed by atoms with Crippen LogP contribution in [0.25, 0.3) is 167 Å². The maximum atomic E-state index is 5.42. The van der Waals surface area contributed by atoms with Crippen molar-refractivity contribution < 1.29 is 0 Å². The summed E-state index contributed by atoms with van der Waals surface area (Å²) in [6.45, 7) is 0. The first-order chi connectivity index (χ1) is 37.6. The largest absolute Gasteiger partial charge is 0.208 e. The highest BCUT2D eigenvalue weighted by molar-refractivity contribution is 6.20. The fourth-order valence-corrected chi connectivity index (χ4v) is 11.9. The van der Waals surface area contributed by atoms with Crippen molar-refractivity contribution in [3.63, 3.8) is 0 Å². The van der Waals surface area contributed by atoms with Gasteiger partial charge < -0.3 is 0 Å². The first-order valence-corrected chi connectivity index (χ1v) is 25.7. The minimum absolute atomic E-state index is 0.341. The summed E-state index contributed by atoms with van der Waals surface area (Å²) in [7, 11) is 0. The summed E-state index contributed by atoms with van der Waals surface area (Å²) < 4.78 is 0. The Balaban J connectivity index is 0.943. The number of nitrogens with zero attached hydrogens (tertiary/aromatic N) is 6. The highest BCUT2D eigenvalue weighted by atomic mass is 15.1. The van der Waals surface area contributed by atoms with Crippen molar-refractivity contribution in [3.05, 3.63) is 243 Å². The van der Waals surface area contributed by atoms with E-state index in [0.717, 1.165) is 66.1 Å². The molecule has 0 radical (unpaired) electrons. The molecule has 0 aliphatic heterocycles. The topological polar surface area (TPSA) is 77.3 Å². The molecule has 16 rings (SSSR count). The highest BCUT2D eigenvalue weighted by Crippen LogP contribution is 2.52. The van der Waals surface area contributed by atoms with E-state index in [4.69, 9.17) is 29.9 Å². The molecule has 2 aliphatic rings. The summed E-state index contributed by atoms with van der Waals surface area (Å²) in [5, 5.41) is 9.38. The summed E-state index contributed by atoms with van der Waals surface area (Å²) in [5.74, 6) is 2.75. The molecule has 76 heavy (non-hydrogen) atoms. The number of benzene rings is 12. The Bertz CT molecular complexity index is 4460. The van der Waals surface area contributed by atoms with Gasteiger partial charge in [0.1, 0.15) is 0 Å². The SMILES string of the molecule is c1ccc(-c2nc(-c3cc(-c4ccc5c6c(cccc46)-c4ccccc4-5)cc(-c4ccc5c6c(cccc46)-c4ccccc4-5)c3)nc(-c3nc(-c4ccc5ccccc5c4)nc(-c4ccc5ccccc5c4)n3)n2)cc1. The highest BCUT2D eigenvalue weighted by Gasteiger charge is 2.26. The van der Waals surface area contributed by atoms with Crippen LogP contribution in [-0.4, -0.2) is 29.9 Å². The molecule has 12 aromatic carbocycles. The first kappa shape index (κ1) is 42.2. The average Bonchev–Trinajstić information content (AvgIpc) is 4.13. The number of hydrogen-bond acceptors (Lipinski definition) is 6. The van der Waals surface area contributed by atoms with Crippen LogP contribution in [0.15, 0.2) is 243 Å². The smallest absolute Gasteiger partial charge is 0.202 e. The molecule has 2 aliphatic carbocycles. The standard InChI is InChI=1S/C70H40N6/c1-2-16-43(17-3-1)65-71-68(76-69(73-65)70-74-66(46-30-28-41-14-4-6-18-44(41)36-46)72-67(75-70)47-31-29-42-15-5-7-19-45(42)37-47)50-39-48(51-32-34-61-55-22-10-8-20-53(55)59-26-12-24-57(51)63(59)61)38-49(40-50)52-33-35-62-56-23-11-9-21-54(56)60-27-13-25-58(52)64(60)62/h1-40H. The quantitative estimate of drug-likeness (QED) is 0.158. The van der Waals surface area contributed by atoms with Crippen LogP contribution in [0.3, 0.4) is 0 Å². The van der Waals surface area contributed by atoms with Crippen LogP contribution in [0.5, 0.6) is 0 Å². The molecular weight excluding hydrogens is 925 g/mol. The molecule has 0 amide bonds. The fourth-order valence-electron chi connectivity index (χ4n) is 11.9. The van der Waals surface area contributed by atoms with Gasteiger partial charge in [0.2, 0.25) is 11.6 Å². The van der Waals surface area contributed by atoms with Gasteiger partial charge in [-0.3, -0.25) is 0 Å². The molecule has 0 saturated heterocycles. The Kier molecular flexibility index (Phi) is 9.23. The van der Waals surface area contributed by atoms with E-state index in [1.807, 2.05) is 30.3 Å². The molecule has 2 heterocycles. The van der Waals surface area contributed by atoms with E-state index in [1.54, 1.807) is 0 Å². The van der Waals surface area contributed by atoms with Gasteiger partial charge in [-0.1, -0.05) is 212 Å². The Hall–Kier alpha value is -10.3. The predicted molar refractivity (Wildman–Crippen MR) is 310 cm³/mol. The molecule has 0 bridgehead atoms. The third-order valence-corrected chi connectivity index (χ3v) is 15.4. The molecule has 6 heteroatoms. The second kappa shape index (κ2) is 16.6. The zero-order valence-corrected chi connectivity index (χ0v) is 40.8. The van der Waals surface area contributed by atoms with E-state index in [1.165, 1.54) is 66.1 Å². The molecule has 350 valence electrons. The molecule has 0 saturated carbocycles. The van der Waals surface area contributed by atoms with Crippen LogP contribution < -0.4 is 0 Å². The van der Waals surface area contributed by atoms with Crippen LogP contribution in [0.2, 0.25) is 0 Å². The van der Waals surface area contributed by atoms with E-state index in [0.29, 0.717) is 34.9 Å². The summed E-state index contributed by atoms with van der Waals surface area (Å²) in [6, 6.07) is 86.3. The van der Waals surface area contributed by atoms with Gasteiger partial charge in [-0.25, -0.2) is 29.9 Å². The minimum Gasteiger partial charge on any atom is -0.208 e. The Morgan fingerprint density at radius 3 is 0.987 bits per heavy atom. The van der Waals surface area contributed by atoms with Crippen molar-refractivity contribution in [2.45, 2.75) is 0 Å². The number of fused-ring (bicyclic) bond motifs is 8. The van der Waals surface area contributed by atoms with Crippen molar-refractivity contribution >= 4 is 43.1 Å². The molecule has 0 spiro atoms. The summed E-state index contributed by atoms with van der Waals surface area (Å²) in [4.78, 5) is 31.7. The maximum Gasteiger partial charge on any atom is 0.202 e. The van der Waals surface area contributed by atoms with E-state index >= 15 is 0 Å². The van der Waals surface area contributed by atoms with Gasteiger partial charge in [-0.15, -0.1) is 0 Å². The van der Waals surface area contributed by atoms with E-state index in [-0.39, 0.29) is 0 Å². The third kappa shape index (κ3) is 6.67. The van der Waals surface area contributed by atoms with Crippen molar-refractivity contribution in [1.29, 1.82) is 0 Å². The van der Waals surface area contributed by atoms with E-state index in [2.05, 4.69) is 212 Å². The van der Waals surface area contributed by atoms with Crippen LogP contribution in [0.4, 0.5) is 0 Å². The minimum atomic E-state index is 0.341. The van der Waals surface area contributed by atoms with Gasteiger partial charge in [0.15, 0.2) is 23.3 Å². The molecule has 6 nitrogen and oxygen atoms in total. The molecule has 0 fully saturated rings. The number of hydrogen-bond donors (Lipinski definition) is 0. The first-order valence-electron chi connectivity index (χ1n) is 25.7. The van der Waals surface area contributed by atoms with Gasteiger partial charge >= 0.3 is 0 Å². The summed E-state index contributed by atoms with van der Waals surface area (Å²) in [5.41, 5.74) is 17.9. The van der Waals surface area contributed by atoms with E-state index < -0.39 is 0 Å². The lowest BCUT2D eigenvalue weighted by Crippen LogP contribution is -2.06. The predicted octanol–water partition coefficient (Wildman–Crippen LogP) is 17.6. The maximum absolute atomic E-state index is 5.42. The number of rotatable bonds is 7. The molecule has 0 unspecified atom stereocenters. The second-order valence-corrected chi connectivity index (χ2v) is 19.8. The molecular formula is C70H40N6. The average molecular weight is 965 g/mol. The van der Waals surface area contributed by atoms with Gasteiger partial charge in [0.05, 0.1) is 0 Å². The normalized spacial score (nSPS) is 11.9. The van der Waals surface area contributed by atoms with Crippen LogP contribution in [-0.2, 0) is 0 Å². The lowest BCUT2D eigenvalue weighted by atomic mass is 9.89. The zero-order valence-electron chi connectivity index (χ0n) is 40.8. The summed E-state index contributed by atoms with van der Waals surface area (Å²) in [6.07, 6.45) is 0. The van der Waals surface area contributed by atoms with Crippen molar-refractivity contribution in [2.24, 2.45) is 0 Å². The summed E-state index contributed by atoms with van der Waals surface area (Å²) >= 11 is 0. The zero-order chi connectivity index (χ0) is 49.8. The van der Waals surface area contributed by atoms with Crippen LogP contribution in [0, 0.1) is 0 Å². The molecule has 2 aromatic heterocycles. The molecule has 0 N–H and O–H groups in total. The van der Waals surface area contributed by atoms with Crippen molar-refractivity contribution in [3.8, 4) is 124 Å². The van der Waals surface area contributed by atoms with Gasteiger partial charge in [0.25, 0.3) is 0 Å². The van der Waals surface area contributed by atoms with Gasteiger partial charge in [0, 0.05) is 22.3 Å². The van der Waals surface area contributed by atoms with Crippen molar-refractivity contribution in [1.82, 2.24) is 29.9 Å². The van der Waals surface area contributed by atoms with Crippen LogP contribution >= 0.6 is 0 Å². The Labute approximate surface area is 437 Å². The third-order valence-electron chi connectivity index (χ3n) is 15.4. The molecule has 14 aromatic rings. The lowest BCUT2D eigenvalue weighted by molar-refractivity contribution is 1.00. The van der Waals surface area contributed by atoms with Crippen molar-refractivity contribution in [2.75, 3.05) is 0 Å². The van der Waals surface area contributed by atoms with Gasteiger partial charge in [-0.2, -0.15) is 0 Å². The lowest BCUT2D eigenvalue weighted by Gasteiger charge is -2.16. The second-order valence-electron chi connectivity index (χ2n) is 19.8. The fraction of sp³-hybridized carbons (Fsp3) is 0. The molecule has 0 atom stereocenters. The van der Waals surface area contributed by atoms with Gasteiger partial charge in [-0.05, 0) is 140 Å². The monoisotopic (exact) mass is 964 g/mol. The van der Waals surface area contributed by atoms with E-state index in [9.17, 15) is 0 Å². The number of aromatic nitrogens is 6. The Morgan fingerprint density at radius 2 is 0.513 bits per heavy atom.